The summed E-state index contributed by atoms with van der Waals surface area (Å²) in [6, 6.07) is 4.07. The Hall–Kier alpha value is -2.96. The van der Waals surface area contributed by atoms with Gasteiger partial charge in [-0.3, -0.25) is 14.2 Å². The summed E-state index contributed by atoms with van der Waals surface area (Å²) in [6.45, 7) is 1.74. The second kappa shape index (κ2) is 6.43. The molecule has 0 aliphatic heterocycles. The summed E-state index contributed by atoms with van der Waals surface area (Å²) in [5.41, 5.74) is 0.311. The summed E-state index contributed by atoms with van der Waals surface area (Å²) in [4.78, 5) is 35.4. The van der Waals surface area contributed by atoms with E-state index in [1.54, 1.807) is 13.0 Å². The summed E-state index contributed by atoms with van der Waals surface area (Å²) in [5, 5.41) is 2.54. The number of rotatable bonds is 3. The summed E-state index contributed by atoms with van der Waals surface area (Å²) < 4.78 is 15.4. The number of hydrogen-bond donors (Lipinski definition) is 1. The molecule has 0 atom stereocenters. The molecule has 1 N–H and O–H groups in total. The van der Waals surface area contributed by atoms with Crippen LogP contribution in [0.2, 0.25) is 0 Å². The molecule has 6 nitrogen and oxygen atoms in total. The molecule has 0 saturated heterocycles. The third kappa shape index (κ3) is 3.63. The summed E-state index contributed by atoms with van der Waals surface area (Å²) >= 11 is 0. The first-order chi connectivity index (χ1) is 10.8. The average Bonchev–Trinajstić information content (AvgIpc) is 2.51. The normalized spacial score (nSPS) is 11.0. The molecule has 0 fully saturated rings. The van der Waals surface area contributed by atoms with E-state index >= 15 is 0 Å². The minimum atomic E-state index is -0.505. The molecule has 0 unspecified atom stereocenters. The number of carbonyl (C=O) groups excluding carboxylic acids is 1. The van der Waals surface area contributed by atoms with Crippen LogP contribution in [0.1, 0.15) is 11.1 Å². The number of anilines is 1. The van der Waals surface area contributed by atoms with E-state index in [1.165, 1.54) is 43.1 Å². The minimum Gasteiger partial charge on any atom is -0.322 e. The number of hydrogen-bond acceptors (Lipinski definition) is 3. The summed E-state index contributed by atoms with van der Waals surface area (Å²) in [6.07, 6.45) is 3.82. The van der Waals surface area contributed by atoms with E-state index in [0.29, 0.717) is 11.3 Å². The standard InChI is InChI=1S/C16H16FN3O3/c1-10-4-6-12(17)8-13(10)18-14(21)7-5-11-9-19(2)16(23)20(3)15(11)22/h4-9H,1-3H3,(H,18,21)/b7-5+. The van der Waals surface area contributed by atoms with E-state index < -0.39 is 23.0 Å². The molecule has 0 saturated carbocycles. The van der Waals surface area contributed by atoms with Gasteiger partial charge in [0.05, 0.1) is 5.56 Å². The maximum atomic E-state index is 13.2. The largest absolute Gasteiger partial charge is 0.330 e. The SMILES string of the molecule is Cc1ccc(F)cc1NC(=O)/C=C/c1cn(C)c(=O)n(C)c1=O. The van der Waals surface area contributed by atoms with E-state index in [-0.39, 0.29) is 5.56 Å². The Balaban J connectivity index is 2.24. The Morgan fingerprint density at radius 1 is 1.26 bits per heavy atom. The van der Waals surface area contributed by atoms with Gasteiger partial charge in [0.2, 0.25) is 5.91 Å². The molecule has 120 valence electrons. The maximum Gasteiger partial charge on any atom is 0.330 e. The van der Waals surface area contributed by atoms with Gasteiger partial charge in [-0.25, -0.2) is 9.18 Å². The van der Waals surface area contributed by atoms with Gasteiger partial charge in [-0.15, -0.1) is 0 Å². The number of benzene rings is 1. The number of amides is 1. The molecule has 0 spiro atoms. The first-order valence-corrected chi connectivity index (χ1v) is 6.81. The summed E-state index contributed by atoms with van der Waals surface area (Å²) in [7, 11) is 2.87. The average molecular weight is 317 g/mol. The number of nitrogens with zero attached hydrogens (tertiary/aromatic N) is 2. The molecule has 1 amide bonds. The van der Waals surface area contributed by atoms with Crippen molar-refractivity contribution >= 4 is 17.7 Å². The highest BCUT2D eigenvalue weighted by Gasteiger charge is 2.06. The van der Waals surface area contributed by atoms with Gasteiger partial charge < -0.3 is 9.88 Å². The Morgan fingerprint density at radius 3 is 2.65 bits per heavy atom. The van der Waals surface area contributed by atoms with Crippen LogP contribution in [0.15, 0.2) is 40.1 Å². The topological polar surface area (TPSA) is 73.1 Å². The van der Waals surface area contributed by atoms with Gasteiger partial charge in [0.15, 0.2) is 0 Å². The third-order valence-electron chi connectivity index (χ3n) is 3.34. The molecule has 23 heavy (non-hydrogen) atoms. The van der Waals surface area contributed by atoms with Gasteiger partial charge in [-0.05, 0) is 30.7 Å². The zero-order chi connectivity index (χ0) is 17.1. The zero-order valence-corrected chi connectivity index (χ0v) is 13.0. The Kier molecular flexibility index (Phi) is 4.59. The van der Waals surface area contributed by atoms with Crippen LogP contribution in [-0.2, 0) is 18.9 Å². The van der Waals surface area contributed by atoms with Gasteiger partial charge in [-0.2, -0.15) is 0 Å². The number of nitrogens with one attached hydrogen (secondary N) is 1. The van der Waals surface area contributed by atoms with Crippen molar-refractivity contribution in [2.75, 3.05) is 5.32 Å². The lowest BCUT2D eigenvalue weighted by Gasteiger charge is -2.06. The summed E-state index contributed by atoms with van der Waals surface area (Å²) in [5.74, 6) is -0.962. The van der Waals surface area contributed by atoms with Crippen LogP contribution in [0.25, 0.3) is 6.08 Å². The van der Waals surface area contributed by atoms with Crippen molar-refractivity contribution in [2.24, 2.45) is 14.1 Å². The van der Waals surface area contributed by atoms with Crippen molar-refractivity contribution < 1.29 is 9.18 Å². The highest BCUT2D eigenvalue weighted by molar-refractivity contribution is 6.02. The fraction of sp³-hybridized carbons (Fsp3) is 0.188. The predicted molar refractivity (Wildman–Crippen MR) is 85.7 cm³/mol. The second-order valence-electron chi connectivity index (χ2n) is 5.12. The van der Waals surface area contributed by atoms with Crippen molar-refractivity contribution in [1.29, 1.82) is 0 Å². The lowest BCUT2D eigenvalue weighted by Crippen LogP contribution is -2.37. The lowest BCUT2D eigenvalue weighted by atomic mass is 10.2. The van der Waals surface area contributed by atoms with Crippen LogP contribution in [0, 0.1) is 12.7 Å². The predicted octanol–water partition coefficient (Wildman–Crippen LogP) is 1.18. The maximum absolute atomic E-state index is 13.2. The molecule has 1 aromatic heterocycles. The monoisotopic (exact) mass is 317 g/mol. The van der Waals surface area contributed by atoms with E-state index in [2.05, 4.69) is 5.32 Å². The van der Waals surface area contributed by atoms with E-state index in [0.717, 1.165) is 10.6 Å². The molecular formula is C16H16FN3O3. The highest BCUT2D eigenvalue weighted by atomic mass is 19.1. The van der Waals surface area contributed by atoms with Crippen LogP contribution < -0.4 is 16.6 Å². The highest BCUT2D eigenvalue weighted by Crippen LogP contribution is 2.15. The van der Waals surface area contributed by atoms with Gasteiger partial charge in [-0.1, -0.05) is 6.07 Å². The first kappa shape index (κ1) is 16.4. The zero-order valence-electron chi connectivity index (χ0n) is 13.0. The quantitative estimate of drug-likeness (QED) is 0.864. The van der Waals surface area contributed by atoms with Crippen molar-refractivity contribution in [2.45, 2.75) is 6.92 Å². The molecule has 0 aliphatic carbocycles. The minimum absolute atomic E-state index is 0.195. The molecule has 1 heterocycles. The molecule has 0 aliphatic rings. The van der Waals surface area contributed by atoms with E-state index in [9.17, 15) is 18.8 Å². The molecule has 7 heteroatoms. The Bertz CT molecular complexity index is 910. The fourth-order valence-corrected chi connectivity index (χ4v) is 2.02. The Labute approximate surface area is 131 Å². The second-order valence-corrected chi connectivity index (χ2v) is 5.12. The molecule has 2 aromatic rings. The van der Waals surface area contributed by atoms with Crippen molar-refractivity contribution in [3.8, 4) is 0 Å². The van der Waals surface area contributed by atoms with E-state index in [4.69, 9.17) is 0 Å². The number of halogens is 1. The van der Waals surface area contributed by atoms with Crippen LogP contribution >= 0.6 is 0 Å². The van der Waals surface area contributed by atoms with Gasteiger partial charge in [0.25, 0.3) is 5.56 Å². The lowest BCUT2D eigenvalue weighted by molar-refractivity contribution is -0.111. The van der Waals surface area contributed by atoms with Gasteiger partial charge in [0.1, 0.15) is 5.82 Å². The van der Waals surface area contributed by atoms with Crippen LogP contribution in [0.4, 0.5) is 10.1 Å². The smallest absolute Gasteiger partial charge is 0.322 e. The van der Waals surface area contributed by atoms with Crippen LogP contribution in [0.3, 0.4) is 0 Å². The molecule has 2 rings (SSSR count). The van der Waals surface area contributed by atoms with Gasteiger partial charge >= 0.3 is 5.69 Å². The number of carbonyl (C=O) groups is 1. The van der Waals surface area contributed by atoms with Crippen LogP contribution in [-0.4, -0.2) is 15.0 Å². The first-order valence-electron chi connectivity index (χ1n) is 6.81. The molecule has 1 aromatic carbocycles. The molecular weight excluding hydrogens is 301 g/mol. The number of aromatic nitrogens is 2. The van der Waals surface area contributed by atoms with Crippen molar-refractivity contribution in [1.82, 2.24) is 9.13 Å². The fourth-order valence-electron chi connectivity index (χ4n) is 2.02. The molecule has 0 bridgehead atoms. The number of aryl methyl sites for hydroxylation is 2. The van der Waals surface area contributed by atoms with Crippen molar-refractivity contribution in [3.05, 3.63) is 68.3 Å². The van der Waals surface area contributed by atoms with E-state index in [1.807, 2.05) is 0 Å². The van der Waals surface area contributed by atoms with Crippen molar-refractivity contribution in [3.63, 3.8) is 0 Å². The third-order valence-corrected chi connectivity index (χ3v) is 3.34. The molecule has 0 radical (unpaired) electrons. The van der Waals surface area contributed by atoms with Crippen LogP contribution in [0.5, 0.6) is 0 Å². The van der Waals surface area contributed by atoms with Gasteiger partial charge in [0, 0.05) is 32.1 Å². The Morgan fingerprint density at radius 2 is 1.96 bits per heavy atom.